The van der Waals surface area contributed by atoms with Crippen LogP contribution in [0.4, 0.5) is 5.82 Å². The minimum Gasteiger partial charge on any atom is -0.329 e. The van der Waals surface area contributed by atoms with Crippen LogP contribution < -0.4 is 16.4 Å². The molecular weight excluding hydrogens is 364 g/mol. The van der Waals surface area contributed by atoms with E-state index < -0.39 is 5.25 Å². The second kappa shape index (κ2) is 7.80. The highest BCUT2D eigenvalue weighted by atomic mass is 32.2. The Morgan fingerprint density at radius 1 is 1.00 bits per heavy atom. The van der Waals surface area contributed by atoms with Gasteiger partial charge in [0.15, 0.2) is 0 Å². The maximum Gasteiger partial charge on any atom is 0.270 e. The molecule has 144 valence electrons. The van der Waals surface area contributed by atoms with E-state index in [2.05, 4.69) is 15.4 Å². The first-order chi connectivity index (χ1) is 13.1. The van der Waals surface area contributed by atoms with Gasteiger partial charge in [-0.2, -0.15) is 0 Å². The number of rotatable bonds is 2. The number of pyridine rings is 1. The molecule has 0 bridgehead atoms. The molecule has 8 heteroatoms. The number of carbonyl (C=O) groups excluding carboxylic acids is 1. The van der Waals surface area contributed by atoms with E-state index >= 15 is 0 Å². The lowest BCUT2D eigenvalue weighted by molar-refractivity contribution is -0.113. The quantitative estimate of drug-likeness (QED) is 0.736. The zero-order chi connectivity index (χ0) is 18.8. The number of aromatic nitrogens is 3. The molecule has 1 amide bonds. The lowest BCUT2D eigenvalue weighted by Gasteiger charge is -2.23. The summed E-state index contributed by atoms with van der Waals surface area (Å²) in [7, 11) is 0. The number of aromatic amines is 2. The van der Waals surface area contributed by atoms with Crippen LogP contribution in [0.3, 0.4) is 0 Å². The molecule has 0 unspecified atom stereocenters. The van der Waals surface area contributed by atoms with Crippen molar-refractivity contribution < 1.29 is 4.79 Å². The minimum absolute atomic E-state index is 0.144. The summed E-state index contributed by atoms with van der Waals surface area (Å²) in [5.41, 5.74) is 0.522. The Labute approximate surface area is 160 Å². The van der Waals surface area contributed by atoms with Crippen LogP contribution in [-0.2, 0) is 4.79 Å². The predicted molar refractivity (Wildman–Crippen MR) is 106 cm³/mol. The number of amides is 1. The van der Waals surface area contributed by atoms with E-state index in [0.29, 0.717) is 16.9 Å². The molecule has 7 nitrogen and oxygen atoms in total. The zero-order valence-electron chi connectivity index (χ0n) is 15.1. The van der Waals surface area contributed by atoms with Crippen molar-refractivity contribution in [3.63, 3.8) is 0 Å². The summed E-state index contributed by atoms with van der Waals surface area (Å²) in [4.78, 5) is 40.2. The molecule has 2 aromatic heterocycles. The van der Waals surface area contributed by atoms with Crippen molar-refractivity contribution in [2.45, 2.75) is 56.2 Å². The molecule has 3 N–H and O–H groups in total. The Bertz CT molecular complexity index is 937. The van der Waals surface area contributed by atoms with Crippen LogP contribution in [0.2, 0.25) is 0 Å². The lowest BCUT2D eigenvalue weighted by Crippen LogP contribution is -2.20. The Balaban J connectivity index is 1.81. The molecule has 0 saturated heterocycles. The molecule has 0 aromatic carbocycles. The van der Waals surface area contributed by atoms with Crippen molar-refractivity contribution in [1.82, 2.24) is 14.8 Å². The summed E-state index contributed by atoms with van der Waals surface area (Å²) in [5.74, 6) is 0.598. The number of nitrogens with zero attached hydrogens (tertiary/aromatic N) is 1. The van der Waals surface area contributed by atoms with Crippen LogP contribution >= 0.6 is 11.8 Å². The zero-order valence-corrected chi connectivity index (χ0v) is 15.9. The molecule has 1 fully saturated rings. The maximum atomic E-state index is 12.9. The number of carbonyl (C=O) groups is 1. The third kappa shape index (κ3) is 3.63. The van der Waals surface area contributed by atoms with Crippen molar-refractivity contribution in [3.8, 4) is 0 Å². The van der Waals surface area contributed by atoms with Crippen LogP contribution in [0.1, 0.15) is 67.4 Å². The molecule has 1 saturated carbocycles. The highest BCUT2D eigenvalue weighted by Crippen LogP contribution is 2.40. The van der Waals surface area contributed by atoms with Gasteiger partial charge in [-0.25, -0.2) is 0 Å². The third-order valence-corrected chi connectivity index (χ3v) is 6.69. The first-order valence-electron chi connectivity index (χ1n) is 9.58. The Hall–Kier alpha value is -2.22. The van der Waals surface area contributed by atoms with Crippen molar-refractivity contribution in [3.05, 3.63) is 50.2 Å². The van der Waals surface area contributed by atoms with E-state index in [1.165, 1.54) is 31.0 Å². The molecule has 1 aliphatic heterocycles. The monoisotopic (exact) mass is 388 g/mol. The fourth-order valence-electron chi connectivity index (χ4n) is 4.10. The summed E-state index contributed by atoms with van der Waals surface area (Å²) < 4.78 is 1.86. The molecule has 2 aromatic rings. The number of anilines is 1. The first kappa shape index (κ1) is 18.2. The molecule has 3 heterocycles. The minimum atomic E-state index is -0.470. The topological polar surface area (TPSA) is 99.8 Å². The number of H-pyrrole nitrogens is 2. The standard InChI is InChI=1S/C19H24N4O3S/c24-14-11-27-16(13-9-6-10-20-18(13)25)15-17(21-14)23(22-19(15)26)12-7-4-2-1-3-5-8-12/h6,9-10,12,16H,1-5,7-8,11H2,(H,20,25)(H,21,24)(H,22,26)/t16-/m0/s1. The molecule has 2 aliphatic rings. The Morgan fingerprint density at radius 3 is 2.48 bits per heavy atom. The van der Waals surface area contributed by atoms with Gasteiger partial charge in [0.1, 0.15) is 5.82 Å². The first-order valence-corrected chi connectivity index (χ1v) is 10.6. The summed E-state index contributed by atoms with van der Waals surface area (Å²) >= 11 is 1.32. The van der Waals surface area contributed by atoms with Crippen LogP contribution in [0.5, 0.6) is 0 Å². The van der Waals surface area contributed by atoms with Gasteiger partial charge in [-0.05, 0) is 18.9 Å². The van der Waals surface area contributed by atoms with Gasteiger partial charge in [-0.1, -0.05) is 38.2 Å². The smallest absolute Gasteiger partial charge is 0.270 e. The molecule has 0 radical (unpaired) electrons. The van der Waals surface area contributed by atoms with E-state index in [9.17, 15) is 14.4 Å². The van der Waals surface area contributed by atoms with Crippen LogP contribution in [0, 0.1) is 0 Å². The van der Waals surface area contributed by atoms with Crippen LogP contribution in [0.15, 0.2) is 27.9 Å². The van der Waals surface area contributed by atoms with E-state index in [0.717, 1.165) is 25.7 Å². The van der Waals surface area contributed by atoms with Gasteiger partial charge in [-0.3, -0.25) is 24.2 Å². The van der Waals surface area contributed by atoms with Gasteiger partial charge < -0.3 is 10.3 Å². The van der Waals surface area contributed by atoms with E-state index in [1.54, 1.807) is 18.3 Å². The summed E-state index contributed by atoms with van der Waals surface area (Å²) in [6, 6.07) is 3.64. The fraction of sp³-hybridized carbons (Fsp3) is 0.526. The normalized spacial score (nSPS) is 21.6. The number of hydrogen-bond donors (Lipinski definition) is 3. The third-order valence-electron chi connectivity index (χ3n) is 5.43. The van der Waals surface area contributed by atoms with Gasteiger partial charge in [0, 0.05) is 11.8 Å². The van der Waals surface area contributed by atoms with E-state index in [1.807, 2.05) is 4.68 Å². The highest BCUT2D eigenvalue weighted by molar-refractivity contribution is 8.00. The van der Waals surface area contributed by atoms with Gasteiger partial charge in [0.05, 0.1) is 22.6 Å². The number of thioether (sulfide) groups is 1. The second-order valence-electron chi connectivity index (χ2n) is 7.27. The van der Waals surface area contributed by atoms with E-state index in [4.69, 9.17) is 0 Å². The number of nitrogens with one attached hydrogen (secondary N) is 3. The molecule has 1 aliphatic carbocycles. The van der Waals surface area contributed by atoms with E-state index in [-0.39, 0.29) is 28.8 Å². The lowest BCUT2D eigenvalue weighted by atomic mass is 9.97. The molecule has 0 spiro atoms. The van der Waals surface area contributed by atoms with Gasteiger partial charge in [0.25, 0.3) is 11.1 Å². The number of fused-ring (bicyclic) bond motifs is 1. The molecule has 27 heavy (non-hydrogen) atoms. The Kier molecular flexibility index (Phi) is 5.24. The van der Waals surface area contributed by atoms with Gasteiger partial charge >= 0.3 is 0 Å². The van der Waals surface area contributed by atoms with Crippen LogP contribution in [-0.4, -0.2) is 26.4 Å². The van der Waals surface area contributed by atoms with Gasteiger partial charge in [0.2, 0.25) is 5.91 Å². The summed E-state index contributed by atoms with van der Waals surface area (Å²) in [5, 5.41) is 5.42. The van der Waals surface area contributed by atoms with Crippen molar-refractivity contribution in [2.75, 3.05) is 11.1 Å². The predicted octanol–water partition coefficient (Wildman–Crippen LogP) is 2.92. The van der Waals surface area contributed by atoms with Crippen molar-refractivity contribution in [1.29, 1.82) is 0 Å². The number of hydrogen-bond acceptors (Lipinski definition) is 4. The molecule has 1 atom stereocenters. The van der Waals surface area contributed by atoms with Crippen molar-refractivity contribution in [2.24, 2.45) is 0 Å². The summed E-state index contributed by atoms with van der Waals surface area (Å²) in [6.45, 7) is 0. The van der Waals surface area contributed by atoms with Gasteiger partial charge in [-0.15, -0.1) is 11.8 Å². The molecular formula is C19H24N4O3S. The largest absolute Gasteiger partial charge is 0.329 e. The summed E-state index contributed by atoms with van der Waals surface area (Å²) in [6.07, 6.45) is 9.44. The maximum absolute atomic E-state index is 12.9. The van der Waals surface area contributed by atoms with Crippen molar-refractivity contribution >= 4 is 23.5 Å². The Morgan fingerprint density at radius 2 is 1.74 bits per heavy atom. The molecule has 4 rings (SSSR count). The highest BCUT2D eigenvalue weighted by Gasteiger charge is 2.33. The fourth-order valence-corrected chi connectivity index (χ4v) is 5.24. The SMILES string of the molecule is O=C1CS[C@@H](c2ccc[nH]c2=O)c2c(n(C3CCCCCCC3)[nH]c2=O)N1. The average Bonchev–Trinajstić information content (AvgIpc) is 2.82. The second-order valence-corrected chi connectivity index (χ2v) is 8.36. The average molecular weight is 388 g/mol. The van der Waals surface area contributed by atoms with Crippen LogP contribution in [0.25, 0.3) is 0 Å².